The average Bonchev–Trinajstić information content (AvgIpc) is 2.42. The predicted molar refractivity (Wildman–Crippen MR) is 79.0 cm³/mol. The molecule has 0 fully saturated rings. The Bertz CT molecular complexity index is 383. The van der Waals surface area contributed by atoms with Crippen LogP contribution in [0.1, 0.15) is 20.3 Å². The van der Waals surface area contributed by atoms with Gasteiger partial charge in [-0.3, -0.25) is 0 Å². The highest BCUT2D eigenvalue weighted by Crippen LogP contribution is 2.28. The molecule has 0 amide bonds. The topological polar surface area (TPSA) is 62.3 Å². The number of rotatable bonds is 8. The molecule has 108 valence electrons. The number of anilines is 2. The van der Waals surface area contributed by atoms with Crippen molar-refractivity contribution in [1.82, 2.24) is 14.9 Å². The fourth-order valence-electron chi connectivity index (χ4n) is 1.66. The quantitative estimate of drug-likeness (QED) is 0.699. The molecular formula is C13H25N5O. The van der Waals surface area contributed by atoms with Crippen molar-refractivity contribution in [3.05, 3.63) is 6.33 Å². The van der Waals surface area contributed by atoms with E-state index in [2.05, 4.69) is 46.4 Å². The second-order valence-corrected chi connectivity index (χ2v) is 4.71. The first-order chi connectivity index (χ1) is 9.10. The minimum Gasteiger partial charge on any atom is -0.490 e. The highest BCUT2D eigenvalue weighted by atomic mass is 16.5. The SMILES string of the molecule is CNc1ncnc(NCCCN(C)C(C)C)c1OC. The van der Waals surface area contributed by atoms with E-state index < -0.39 is 0 Å². The molecule has 0 aromatic carbocycles. The van der Waals surface area contributed by atoms with Crippen LogP contribution in [-0.4, -0.2) is 55.2 Å². The molecule has 19 heavy (non-hydrogen) atoms. The van der Waals surface area contributed by atoms with Gasteiger partial charge < -0.3 is 20.3 Å². The van der Waals surface area contributed by atoms with Crippen LogP contribution in [-0.2, 0) is 0 Å². The number of hydrogen-bond donors (Lipinski definition) is 2. The van der Waals surface area contributed by atoms with Gasteiger partial charge in [0.15, 0.2) is 11.6 Å². The maximum Gasteiger partial charge on any atom is 0.204 e. The van der Waals surface area contributed by atoms with E-state index in [0.717, 1.165) is 25.3 Å². The standard InChI is InChI=1S/C13H25N5O/c1-10(2)18(4)8-6-7-15-13-11(19-5)12(14-3)16-9-17-13/h9-10H,6-8H2,1-5H3,(H2,14,15,16,17). The van der Waals surface area contributed by atoms with E-state index in [1.807, 2.05) is 7.05 Å². The second-order valence-electron chi connectivity index (χ2n) is 4.71. The zero-order valence-corrected chi connectivity index (χ0v) is 12.5. The number of ether oxygens (including phenoxy) is 1. The maximum atomic E-state index is 5.32. The molecule has 0 saturated carbocycles. The first-order valence-corrected chi connectivity index (χ1v) is 6.61. The van der Waals surface area contributed by atoms with Crippen molar-refractivity contribution in [2.75, 3.05) is 44.9 Å². The van der Waals surface area contributed by atoms with Gasteiger partial charge in [-0.25, -0.2) is 9.97 Å². The third kappa shape index (κ3) is 4.55. The molecule has 2 N–H and O–H groups in total. The summed E-state index contributed by atoms with van der Waals surface area (Å²) in [5.41, 5.74) is 0. The summed E-state index contributed by atoms with van der Waals surface area (Å²) in [5, 5.41) is 6.28. The van der Waals surface area contributed by atoms with Crippen LogP contribution in [0.4, 0.5) is 11.6 Å². The van der Waals surface area contributed by atoms with Gasteiger partial charge in [0.2, 0.25) is 5.75 Å². The van der Waals surface area contributed by atoms with Gasteiger partial charge in [0.25, 0.3) is 0 Å². The minimum absolute atomic E-state index is 0.574. The molecule has 1 heterocycles. The van der Waals surface area contributed by atoms with Gasteiger partial charge >= 0.3 is 0 Å². The van der Waals surface area contributed by atoms with Crippen LogP contribution < -0.4 is 15.4 Å². The van der Waals surface area contributed by atoms with Crippen LogP contribution in [0.5, 0.6) is 5.75 Å². The van der Waals surface area contributed by atoms with E-state index in [0.29, 0.717) is 17.6 Å². The molecular weight excluding hydrogens is 242 g/mol. The fraction of sp³-hybridized carbons (Fsp3) is 0.692. The molecule has 0 atom stereocenters. The Kier molecular flexibility index (Phi) is 6.35. The Hall–Kier alpha value is -1.56. The minimum atomic E-state index is 0.574. The average molecular weight is 267 g/mol. The maximum absolute atomic E-state index is 5.32. The Balaban J connectivity index is 2.49. The number of nitrogens with zero attached hydrogens (tertiary/aromatic N) is 3. The van der Waals surface area contributed by atoms with E-state index in [1.54, 1.807) is 7.11 Å². The van der Waals surface area contributed by atoms with Gasteiger partial charge in [-0.1, -0.05) is 0 Å². The zero-order chi connectivity index (χ0) is 14.3. The van der Waals surface area contributed by atoms with E-state index in [1.165, 1.54) is 6.33 Å². The van der Waals surface area contributed by atoms with Gasteiger partial charge in [0.1, 0.15) is 6.33 Å². The van der Waals surface area contributed by atoms with Gasteiger partial charge in [-0.15, -0.1) is 0 Å². The summed E-state index contributed by atoms with van der Waals surface area (Å²) in [6.07, 6.45) is 2.58. The first kappa shape index (κ1) is 15.5. The lowest BCUT2D eigenvalue weighted by molar-refractivity contribution is 0.273. The molecule has 0 bridgehead atoms. The highest BCUT2D eigenvalue weighted by molar-refractivity contribution is 5.63. The summed E-state index contributed by atoms with van der Waals surface area (Å²) in [6, 6.07) is 0.574. The van der Waals surface area contributed by atoms with E-state index in [4.69, 9.17) is 4.74 Å². The number of hydrogen-bond acceptors (Lipinski definition) is 6. The lowest BCUT2D eigenvalue weighted by Gasteiger charge is -2.21. The molecule has 1 rings (SSSR count). The number of nitrogens with one attached hydrogen (secondary N) is 2. The van der Waals surface area contributed by atoms with Crippen LogP contribution in [0.25, 0.3) is 0 Å². The summed E-state index contributed by atoms with van der Waals surface area (Å²) in [6.45, 7) is 6.30. The van der Waals surface area contributed by atoms with Crippen LogP contribution in [0.15, 0.2) is 6.33 Å². The molecule has 0 aliphatic heterocycles. The number of methoxy groups -OCH3 is 1. The Morgan fingerprint density at radius 2 is 2.00 bits per heavy atom. The molecule has 6 heteroatoms. The van der Waals surface area contributed by atoms with Crippen molar-refractivity contribution in [2.24, 2.45) is 0 Å². The molecule has 0 spiro atoms. The Morgan fingerprint density at radius 1 is 1.32 bits per heavy atom. The molecule has 1 aromatic rings. The smallest absolute Gasteiger partial charge is 0.204 e. The molecule has 0 saturated heterocycles. The Morgan fingerprint density at radius 3 is 2.58 bits per heavy atom. The third-order valence-corrected chi connectivity index (χ3v) is 3.11. The third-order valence-electron chi connectivity index (χ3n) is 3.11. The number of aromatic nitrogens is 2. The summed E-state index contributed by atoms with van der Waals surface area (Å²) in [7, 11) is 5.57. The van der Waals surface area contributed by atoms with Crippen LogP contribution in [0, 0.1) is 0 Å². The summed E-state index contributed by atoms with van der Waals surface area (Å²) in [4.78, 5) is 10.6. The normalized spacial score (nSPS) is 10.9. The van der Waals surface area contributed by atoms with E-state index >= 15 is 0 Å². The molecule has 0 aliphatic carbocycles. The van der Waals surface area contributed by atoms with Crippen molar-refractivity contribution < 1.29 is 4.74 Å². The highest BCUT2D eigenvalue weighted by Gasteiger charge is 2.10. The van der Waals surface area contributed by atoms with Crippen molar-refractivity contribution in [2.45, 2.75) is 26.3 Å². The van der Waals surface area contributed by atoms with Gasteiger partial charge in [-0.05, 0) is 33.9 Å². The molecule has 0 unspecified atom stereocenters. The molecule has 1 aromatic heterocycles. The first-order valence-electron chi connectivity index (χ1n) is 6.61. The molecule has 0 radical (unpaired) electrons. The van der Waals surface area contributed by atoms with Crippen molar-refractivity contribution in [3.63, 3.8) is 0 Å². The van der Waals surface area contributed by atoms with E-state index in [9.17, 15) is 0 Å². The zero-order valence-electron chi connectivity index (χ0n) is 12.5. The van der Waals surface area contributed by atoms with Crippen molar-refractivity contribution in [1.29, 1.82) is 0 Å². The fourth-order valence-corrected chi connectivity index (χ4v) is 1.66. The van der Waals surface area contributed by atoms with Crippen LogP contribution in [0.3, 0.4) is 0 Å². The van der Waals surface area contributed by atoms with Crippen LogP contribution >= 0.6 is 0 Å². The molecule has 6 nitrogen and oxygen atoms in total. The lowest BCUT2D eigenvalue weighted by Crippen LogP contribution is -2.28. The Labute approximate surface area is 115 Å². The summed E-state index contributed by atoms with van der Waals surface area (Å²) < 4.78 is 5.32. The summed E-state index contributed by atoms with van der Waals surface area (Å²) >= 11 is 0. The van der Waals surface area contributed by atoms with Crippen molar-refractivity contribution >= 4 is 11.6 Å². The molecule has 0 aliphatic rings. The second kappa shape index (κ2) is 7.78. The monoisotopic (exact) mass is 267 g/mol. The predicted octanol–water partition coefficient (Wildman–Crippen LogP) is 1.67. The largest absolute Gasteiger partial charge is 0.490 e. The van der Waals surface area contributed by atoms with E-state index in [-0.39, 0.29) is 0 Å². The van der Waals surface area contributed by atoms with Gasteiger partial charge in [0.05, 0.1) is 7.11 Å². The van der Waals surface area contributed by atoms with Gasteiger partial charge in [-0.2, -0.15) is 0 Å². The summed E-state index contributed by atoms with van der Waals surface area (Å²) in [5.74, 6) is 2.08. The lowest BCUT2D eigenvalue weighted by atomic mass is 10.3. The van der Waals surface area contributed by atoms with Crippen molar-refractivity contribution in [3.8, 4) is 5.75 Å². The van der Waals surface area contributed by atoms with Crippen LogP contribution in [0.2, 0.25) is 0 Å². The van der Waals surface area contributed by atoms with Gasteiger partial charge in [0, 0.05) is 19.6 Å².